The van der Waals surface area contributed by atoms with Crippen LogP contribution in [0, 0.1) is 11.8 Å². The minimum Gasteiger partial charge on any atom is -0.466 e. The van der Waals surface area contributed by atoms with E-state index in [1.165, 1.54) is 6.92 Å². The number of rotatable bonds is 13. The molecule has 1 N–H and O–H groups in total. The summed E-state index contributed by atoms with van der Waals surface area (Å²) in [5, 5.41) is 2.40. The molecule has 0 radical (unpaired) electrons. The van der Waals surface area contributed by atoms with Crippen molar-refractivity contribution in [2.45, 2.75) is 32.3 Å². The minimum absolute atomic E-state index is 0.00536. The number of methoxy groups -OCH3 is 2. The zero-order chi connectivity index (χ0) is 28.8. The van der Waals surface area contributed by atoms with E-state index in [1.54, 1.807) is 0 Å². The van der Waals surface area contributed by atoms with Crippen molar-refractivity contribution in [3.63, 3.8) is 0 Å². The highest BCUT2D eigenvalue weighted by atomic mass is 16.6. The summed E-state index contributed by atoms with van der Waals surface area (Å²) in [6.45, 7) is 10.8. The second kappa shape index (κ2) is 15.8. The molecule has 1 aliphatic rings. The summed E-state index contributed by atoms with van der Waals surface area (Å²) in [4.78, 5) is 72.0. The largest absolute Gasteiger partial charge is 0.466 e. The molecule has 38 heavy (non-hydrogen) atoms. The minimum atomic E-state index is -0.885. The molecule has 1 fully saturated rings. The van der Waals surface area contributed by atoms with E-state index < -0.39 is 67.1 Å². The molecule has 0 aromatic carbocycles. The molecule has 13 heteroatoms. The summed E-state index contributed by atoms with van der Waals surface area (Å²) in [5.74, 6) is -5.37. The molecule has 1 amide bonds. The molecule has 13 nitrogen and oxygen atoms in total. The number of ether oxygens (including phenoxy) is 6. The first-order valence-electron chi connectivity index (χ1n) is 11.5. The molecule has 0 saturated heterocycles. The summed E-state index contributed by atoms with van der Waals surface area (Å²) >= 11 is 0. The molecule has 0 aromatic rings. The van der Waals surface area contributed by atoms with E-state index in [-0.39, 0.29) is 49.1 Å². The van der Waals surface area contributed by atoms with Crippen LogP contribution in [0.15, 0.2) is 36.5 Å². The lowest BCUT2D eigenvalue weighted by Gasteiger charge is -2.32. The fraction of sp³-hybridized carbons (Fsp3) is 0.520. The highest BCUT2D eigenvalue weighted by molar-refractivity contribution is 5.89. The number of hydrogen-bond acceptors (Lipinski definition) is 12. The van der Waals surface area contributed by atoms with Crippen LogP contribution in [0.3, 0.4) is 0 Å². The molecule has 0 aliphatic heterocycles. The van der Waals surface area contributed by atoms with E-state index in [4.69, 9.17) is 18.9 Å². The number of esters is 5. The Morgan fingerprint density at radius 1 is 0.737 bits per heavy atom. The Kier molecular flexibility index (Phi) is 13.3. The highest BCUT2D eigenvalue weighted by Gasteiger charge is 2.39. The number of hydrogen-bond donors (Lipinski definition) is 1. The maximum Gasteiger partial charge on any atom is 0.407 e. The maximum atomic E-state index is 12.7. The third-order valence-corrected chi connectivity index (χ3v) is 5.28. The number of nitrogens with one attached hydrogen (secondary N) is 1. The van der Waals surface area contributed by atoms with Gasteiger partial charge in [-0.2, -0.15) is 0 Å². The second-order valence-corrected chi connectivity index (χ2v) is 8.38. The molecular formula is C25H33NO12. The smallest absolute Gasteiger partial charge is 0.407 e. The van der Waals surface area contributed by atoms with E-state index in [2.05, 4.69) is 34.5 Å². The van der Waals surface area contributed by atoms with Crippen molar-refractivity contribution in [1.29, 1.82) is 0 Å². The van der Waals surface area contributed by atoms with Gasteiger partial charge in [-0.05, 0) is 26.2 Å². The van der Waals surface area contributed by atoms with Crippen LogP contribution >= 0.6 is 0 Å². The molecule has 0 heterocycles. The van der Waals surface area contributed by atoms with Gasteiger partial charge in [0.15, 0.2) is 0 Å². The topological polar surface area (TPSA) is 170 Å². The zero-order valence-electron chi connectivity index (χ0n) is 21.7. The Morgan fingerprint density at radius 3 is 1.63 bits per heavy atom. The number of carbonyl (C=O) groups is 6. The zero-order valence-corrected chi connectivity index (χ0v) is 21.7. The van der Waals surface area contributed by atoms with Crippen LogP contribution in [0.1, 0.15) is 26.2 Å². The van der Waals surface area contributed by atoms with Gasteiger partial charge in [-0.3, -0.25) is 9.59 Å². The normalized spacial score (nSPS) is 18.1. The molecular weight excluding hydrogens is 506 g/mol. The van der Waals surface area contributed by atoms with Gasteiger partial charge in [0.05, 0.1) is 43.7 Å². The lowest BCUT2D eigenvalue weighted by molar-refractivity contribution is -0.157. The summed E-state index contributed by atoms with van der Waals surface area (Å²) in [6, 6.07) is 0. The first kappa shape index (κ1) is 31.9. The van der Waals surface area contributed by atoms with Crippen molar-refractivity contribution in [2.24, 2.45) is 11.8 Å². The SMILES string of the molecule is C=C(C)C(=O)OCCNC(=O)OC1CC(C(=O)OCC(=C)C(=O)OC)CC(C(=O)OCC(=C)C(=O)OC)C1. The Hall–Kier alpha value is -4.16. The summed E-state index contributed by atoms with van der Waals surface area (Å²) in [6.07, 6.45) is -1.68. The monoisotopic (exact) mass is 539 g/mol. The van der Waals surface area contributed by atoms with Gasteiger partial charge in [-0.25, -0.2) is 19.2 Å². The molecule has 0 spiro atoms. The van der Waals surface area contributed by atoms with Crippen LogP contribution in [0.4, 0.5) is 4.79 Å². The average Bonchev–Trinajstić information content (AvgIpc) is 2.90. The first-order valence-corrected chi connectivity index (χ1v) is 11.5. The van der Waals surface area contributed by atoms with Crippen LogP contribution < -0.4 is 5.32 Å². The molecule has 0 bridgehead atoms. The highest BCUT2D eigenvalue weighted by Crippen LogP contribution is 2.33. The standard InChI is InChI=1S/C25H33NO12/c1-14(2)20(27)35-8-7-26-25(32)38-19-10-17(23(30)36-12-15(3)21(28)33-5)9-18(11-19)24(31)37-13-16(4)22(29)34-6/h17-19H,1,3-4,7-13H2,2,5-6H3,(H,26,32). The van der Waals surface area contributed by atoms with Crippen LogP contribution in [0.5, 0.6) is 0 Å². The molecule has 210 valence electrons. The van der Waals surface area contributed by atoms with E-state index >= 15 is 0 Å². The van der Waals surface area contributed by atoms with Crippen molar-refractivity contribution < 1.29 is 57.2 Å². The van der Waals surface area contributed by atoms with Crippen LogP contribution in [-0.4, -0.2) is 82.6 Å². The fourth-order valence-electron chi connectivity index (χ4n) is 3.32. The maximum absolute atomic E-state index is 12.7. The van der Waals surface area contributed by atoms with E-state index in [0.29, 0.717) is 0 Å². The third-order valence-electron chi connectivity index (χ3n) is 5.28. The van der Waals surface area contributed by atoms with E-state index in [0.717, 1.165) is 14.2 Å². The molecule has 1 aliphatic carbocycles. The van der Waals surface area contributed by atoms with Gasteiger partial charge in [0, 0.05) is 5.57 Å². The van der Waals surface area contributed by atoms with Gasteiger partial charge >= 0.3 is 35.9 Å². The Labute approximate surface area is 220 Å². The predicted octanol–water partition coefficient (Wildman–Crippen LogP) is 1.16. The fourth-order valence-corrected chi connectivity index (χ4v) is 3.32. The molecule has 1 saturated carbocycles. The molecule has 1 rings (SSSR count). The predicted molar refractivity (Wildman–Crippen MR) is 129 cm³/mol. The molecule has 0 aromatic heterocycles. The van der Waals surface area contributed by atoms with E-state index in [1.807, 2.05) is 0 Å². The molecule has 2 atom stereocenters. The van der Waals surface area contributed by atoms with Crippen molar-refractivity contribution in [3.8, 4) is 0 Å². The van der Waals surface area contributed by atoms with Crippen molar-refractivity contribution >= 4 is 35.9 Å². The molecule has 2 unspecified atom stereocenters. The van der Waals surface area contributed by atoms with Gasteiger partial charge in [0.1, 0.15) is 25.9 Å². The lowest BCUT2D eigenvalue weighted by Crippen LogP contribution is -2.40. The Balaban J connectivity index is 2.80. The third kappa shape index (κ3) is 10.8. The van der Waals surface area contributed by atoms with Gasteiger partial charge in [-0.15, -0.1) is 0 Å². The van der Waals surface area contributed by atoms with Crippen molar-refractivity contribution in [3.05, 3.63) is 36.5 Å². The van der Waals surface area contributed by atoms with Gasteiger partial charge in [0.25, 0.3) is 0 Å². The number of carbonyl (C=O) groups excluding carboxylic acids is 6. The second-order valence-electron chi connectivity index (χ2n) is 8.38. The Bertz CT molecular complexity index is 917. The number of alkyl carbamates (subject to hydrolysis) is 1. The summed E-state index contributed by atoms with van der Waals surface area (Å²) < 4.78 is 29.5. The Morgan fingerprint density at radius 2 is 1.21 bits per heavy atom. The van der Waals surface area contributed by atoms with Gasteiger partial charge < -0.3 is 33.7 Å². The summed E-state index contributed by atoms with van der Waals surface area (Å²) in [7, 11) is 2.30. The van der Waals surface area contributed by atoms with Crippen molar-refractivity contribution in [2.75, 3.05) is 40.6 Å². The quantitative estimate of drug-likeness (QED) is 0.154. The lowest BCUT2D eigenvalue weighted by atomic mass is 9.79. The van der Waals surface area contributed by atoms with Gasteiger partial charge in [-0.1, -0.05) is 19.7 Å². The van der Waals surface area contributed by atoms with Crippen LogP contribution in [0.2, 0.25) is 0 Å². The van der Waals surface area contributed by atoms with E-state index in [9.17, 15) is 28.8 Å². The van der Waals surface area contributed by atoms with Crippen LogP contribution in [-0.2, 0) is 52.4 Å². The van der Waals surface area contributed by atoms with Gasteiger partial charge in [0.2, 0.25) is 0 Å². The first-order chi connectivity index (χ1) is 17.9. The average molecular weight is 540 g/mol. The van der Waals surface area contributed by atoms with Crippen molar-refractivity contribution in [1.82, 2.24) is 5.32 Å². The van der Waals surface area contributed by atoms with Crippen LogP contribution in [0.25, 0.3) is 0 Å². The number of amides is 1. The summed E-state index contributed by atoms with van der Waals surface area (Å²) in [5.41, 5.74) is 0.0258.